The molecule has 1 aliphatic rings. The van der Waals surface area contributed by atoms with Crippen molar-refractivity contribution in [2.75, 3.05) is 10.8 Å². The van der Waals surface area contributed by atoms with Gasteiger partial charge in [-0.05, 0) is 43.2 Å². The molecule has 1 atom stereocenters. The molecule has 0 aromatic heterocycles. The Morgan fingerprint density at radius 2 is 1.88 bits per heavy atom. The molecule has 0 saturated heterocycles. The van der Waals surface area contributed by atoms with Crippen molar-refractivity contribution in [2.24, 2.45) is 0 Å². The monoisotopic (exact) mass is 347 g/mol. The number of aryl methyl sites for hydroxylation is 1. The fourth-order valence-corrected chi connectivity index (χ4v) is 4.68. The second-order valence-electron chi connectivity index (χ2n) is 5.97. The molecule has 3 rings (SSSR count). The van der Waals surface area contributed by atoms with Crippen molar-refractivity contribution >= 4 is 22.0 Å². The first-order valence-electron chi connectivity index (χ1n) is 7.77. The Bertz CT molecular complexity index is 891. The van der Waals surface area contributed by atoms with Gasteiger partial charge < -0.3 is 0 Å². The van der Waals surface area contributed by atoms with E-state index in [2.05, 4.69) is 0 Å². The predicted octanol–water partition coefficient (Wildman–Crippen LogP) is 3.65. The van der Waals surface area contributed by atoms with E-state index in [1.54, 1.807) is 24.3 Å². The average Bonchev–Trinajstić information content (AvgIpc) is 2.95. The first-order chi connectivity index (χ1) is 11.4. The minimum Gasteiger partial charge on any atom is -0.298 e. The van der Waals surface area contributed by atoms with Gasteiger partial charge in [-0.1, -0.05) is 24.6 Å². The number of carbonyl (C=O) groups is 1. The summed E-state index contributed by atoms with van der Waals surface area (Å²) in [7, 11) is -3.75. The number of anilines is 1. The maximum Gasteiger partial charge on any atom is 0.264 e. The highest BCUT2D eigenvalue weighted by Crippen LogP contribution is 2.43. The van der Waals surface area contributed by atoms with Crippen LogP contribution < -0.4 is 4.31 Å². The molecule has 0 amide bonds. The highest BCUT2D eigenvalue weighted by molar-refractivity contribution is 7.92. The lowest BCUT2D eigenvalue weighted by Crippen LogP contribution is -2.29. The average molecular weight is 347 g/mol. The standard InChI is InChI=1S/C18H18FNO3S/c1-3-13-10-20(17-9-8-16(19)15(11-21)18(13)17)24(22,23)14-6-4-12(2)5-7-14/h4-9,11,13H,3,10H2,1-2H3/t13-/m0/s1. The van der Waals surface area contributed by atoms with Crippen LogP contribution >= 0.6 is 0 Å². The molecule has 0 N–H and O–H groups in total. The molecule has 126 valence electrons. The molecule has 0 spiro atoms. The van der Waals surface area contributed by atoms with Crippen molar-refractivity contribution in [3.63, 3.8) is 0 Å². The van der Waals surface area contributed by atoms with Gasteiger partial charge in [-0.15, -0.1) is 0 Å². The molecule has 0 aliphatic carbocycles. The number of halogens is 1. The smallest absolute Gasteiger partial charge is 0.264 e. The third-order valence-corrected chi connectivity index (χ3v) is 6.29. The van der Waals surface area contributed by atoms with Gasteiger partial charge in [0.15, 0.2) is 6.29 Å². The quantitative estimate of drug-likeness (QED) is 0.793. The molecule has 1 aliphatic heterocycles. The van der Waals surface area contributed by atoms with E-state index in [9.17, 15) is 17.6 Å². The molecule has 1 heterocycles. The summed E-state index contributed by atoms with van der Waals surface area (Å²) in [5.41, 5.74) is 1.81. The number of rotatable bonds is 4. The Morgan fingerprint density at radius 1 is 1.21 bits per heavy atom. The fraction of sp³-hybridized carbons (Fsp3) is 0.278. The highest BCUT2D eigenvalue weighted by Gasteiger charge is 2.38. The third kappa shape index (κ3) is 2.51. The summed E-state index contributed by atoms with van der Waals surface area (Å²) in [5.74, 6) is -0.812. The molecule has 6 heteroatoms. The molecule has 0 unspecified atom stereocenters. The molecule has 0 saturated carbocycles. The predicted molar refractivity (Wildman–Crippen MR) is 90.5 cm³/mol. The van der Waals surface area contributed by atoms with Gasteiger partial charge in [0.05, 0.1) is 16.1 Å². The number of carbonyl (C=O) groups excluding carboxylic acids is 1. The van der Waals surface area contributed by atoms with E-state index in [-0.39, 0.29) is 22.9 Å². The molecule has 2 aromatic rings. The first kappa shape index (κ1) is 16.6. The van der Waals surface area contributed by atoms with Crippen LogP contribution in [0, 0.1) is 12.7 Å². The lowest BCUT2D eigenvalue weighted by molar-refractivity contribution is 0.111. The summed E-state index contributed by atoms with van der Waals surface area (Å²) in [6.07, 6.45) is 1.09. The van der Waals surface area contributed by atoms with Gasteiger partial charge in [-0.3, -0.25) is 9.10 Å². The van der Waals surface area contributed by atoms with E-state index >= 15 is 0 Å². The van der Waals surface area contributed by atoms with E-state index < -0.39 is 15.8 Å². The second kappa shape index (κ2) is 6.02. The molecular weight excluding hydrogens is 329 g/mol. The van der Waals surface area contributed by atoms with E-state index in [1.807, 2.05) is 13.8 Å². The van der Waals surface area contributed by atoms with Crippen molar-refractivity contribution in [3.8, 4) is 0 Å². The summed E-state index contributed by atoms with van der Waals surface area (Å²) >= 11 is 0. The van der Waals surface area contributed by atoms with Crippen LogP contribution in [0.5, 0.6) is 0 Å². The van der Waals surface area contributed by atoms with Crippen LogP contribution in [0.25, 0.3) is 0 Å². The Morgan fingerprint density at radius 3 is 2.46 bits per heavy atom. The number of hydrogen-bond donors (Lipinski definition) is 0. The summed E-state index contributed by atoms with van der Waals surface area (Å²) < 4.78 is 41.2. The molecule has 4 nitrogen and oxygen atoms in total. The van der Waals surface area contributed by atoms with Crippen molar-refractivity contribution < 1.29 is 17.6 Å². The van der Waals surface area contributed by atoms with Crippen LogP contribution in [0.15, 0.2) is 41.3 Å². The van der Waals surface area contributed by atoms with Crippen LogP contribution in [0.1, 0.15) is 40.7 Å². The Labute approximate surface area is 141 Å². The fourth-order valence-electron chi connectivity index (χ4n) is 3.15. The minimum absolute atomic E-state index is 0.0408. The number of aldehydes is 1. The van der Waals surface area contributed by atoms with Crippen LogP contribution in [-0.2, 0) is 10.0 Å². The topological polar surface area (TPSA) is 54.5 Å². The maximum atomic E-state index is 13.9. The Kier molecular flexibility index (Phi) is 4.17. The largest absolute Gasteiger partial charge is 0.298 e. The zero-order valence-electron chi connectivity index (χ0n) is 13.5. The highest BCUT2D eigenvalue weighted by atomic mass is 32.2. The van der Waals surface area contributed by atoms with Gasteiger partial charge in [-0.25, -0.2) is 12.8 Å². The van der Waals surface area contributed by atoms with Crippen molar-refractivity contribution in [1.29, 1.82) is 0 Å². The van der Waals surface area contributed by atoms with E-state index in [0.717, 1.165) is 11.6 Å². The van der Waals surface area contributed by atoms with Gasteiger partial charge in [0.1, 0.15) is 5.82 Å². The summed E-state index contributed by atoms with van der Waals surface area (Å²) in [4.78, 5) is 11.5. The Hall–Kier alpha value is -2.21. The van der Waals surface area contributed by atoms with Crippen LogP contribution in [0.3, 0.4) is 0 Å². The number of fused-ring (bicyclic) bond motifs is 1. The SMILES string of the molecule is CC[C@H]1CN(S(=O)(=O)c2ccc(C)cc2)c2ccc(F)c(C=O)c21. The molecule has 2 aromatic carbocycles. The van der Waals surface area contributed by atoms with Gasteiger partial charge in [0, 0.05) is 12.5 Å². The molecular formula is C18H18FNO3S. The lowest BCUT2D eigenvalue weighted by Gasteiger charge is -2.20. The zero-order valence-corrected chi connectivity index (χ0v) is 14.3. The van der Waals surface area contributed by atoms with E-state index in [0.29, 0.717) is 24.0 Å². The Balaban J connectivity index is 2.16. The third-order valence-electron chi connectivity index (χ3n) is 4.49. The van der Waals surface area contributed by atoms with E-state index in [1.165, 1.54) is 10.4 Å². The number of benzene rings is 2. The second-order valence-corrected chi connectivity index (χ2v) is 7.83. The molecule has 24 heavy (non-hydrogen) atoms. The molecule has 0 bridgehead atoms. The van der Waals surface area contributed by atoms with Crippen LogP contribution in [-0.4, -0.2) is 21.2 Å². The van der Waals surface area contributed by atoms with Gasteiger partial charge in [-0.2, -0.15) is 0 Å². The summed E-state index contributed by atoms with van der Waals surface area (Å²) in [6.45, 7) is 4.00. The maximum absolute atomic E-state index is 13.9. The normalized spacial score (nSPS) is 17.0. The molecule has 0 fully saturated rings. The molecule has 0 radical (unpaired) electrons. The number of hydrogen-bond acceptors (Lipinski definition) is 3. The number of nitrogens with zero attached hydrogens (tertiary/aromatic N) is 1. The summed E-state index contributed by atoms with van der Waals surface area (Å²) in [6, 6.07) is 9.20. The first-order valence-corrected chi connectivity index (χ1v) is 9.21. The van der Waals surface area contributed by atoms with Crippen molar-refractivity contribution in [2.45, 2.75) is 31.1 Å². The van der Waals surface area contributed by atoms with Gasteiger partial charge in [0.2, 0.25) is 0 Å². The van der Waals surface area contributed by atoms with Crippen molar-refractivity contribution in [1.82, 2.24) is 0 Å². The number of sulfonamides is 1. The van der Waals surface area contributed by atoms with Gasteiger partial charge in [0.25, 0.3) is 10.0 Å². The lowest BCUT2D eigenvalue weighted by atomic mass is 9.94. The minimum atomic E-state index is -3.75. The van der Waals surface area contributed by atoms with Crippen LogP contribution in [0.2, 0.25) is 0 Å². The van der Waals surface area contributed by atoms with Gasteiger partial charge >= 0.3 is 0 Å². The zero-order chi connectivity index (χ0) is 17.5. The van der Waals surface area contributed by atoms with E-state index in [4.69, 9.17) is 0 Å². The van der Waals surface area contributed by atoms with Crippen LogP contribution in [0.4, 0.5) is 10.1 Å². The van der Waals surface area contributed by atoms with Crippen molar-refractivity contribution in [3.05, 3.63) is 58.9 Å². The summed E-state index contributed by atoms with van der Waals surface area (Å²) in [5, 5.41) is 0.